The molecule has 1 aliphatic heterocycles. The number of carbonyl (C=O) groups is 1. The van der Waals surface area contributed by atoms with Gasteiger partial charge in [-0.25, -0.2) is 4.98 Å². The molecule has 0 spiro atoms. The van der Waals surface area contributed by atoms with Gasteiger partial charge in [-0.15, -0.1) is 11.8 Å². The highest BCUT2D eigenvalue weighted by molar-refractivity contribution is 8.00. The van der Waals surface area contributed by atoms with Gasteiger partial charge in [0.1, 0.15) is 0 Å². The number of hydrogen-bond acceptors (Lipinski definition) is 6. The Morgan fingerprint density at radius 1 is 1.43 bits per heavy atom. The number of benzene rings is 1. The highest BCUT2D eigenvalue weighted by Crippen LogP contribution is 2.34. The molecule has 1 atom stereocenters. The molecule has 1 aromatic carbocycles. The van der Waals surface area contributed by atoms with Crippen molar-refractivity contribution in [2.75, 3.05) is 24.8 Å². The van der Waals surface area contributed by atoms with Crippen LogP contribution in [0.25, 0.3) is 0 Å². The first-order chi connectivity index (χ1) is 13.4. The van der Waals surface area contributed by atoms with E-state index in [9.17, 15) is 9.59 Å². The number of nitrogens with one attached hydrogen (secondary N) is 1. The lowest BCUT2D eigenvalue weighted by Crippen LogP contribution is -2.27. The van der Waals surface area contributed by atoms with Crippen LogP contribution in [0.2, 0.25) is 0 Å². The van der Waals surface area contributed by atoms with E-state index in [1.807, 2.05) is 32.0 Å². The molecule has 6 nitrogen and oxygen atoms in total. The number of carbonyl (C=O) groups excluding carboxylic acids is 1. The number of aryl methyl sites for hydroxylation is 2. The molecule has 0 unspecified atom stereocenters. The van der Waals surface area contributed by atoms with E-state index < -0.39 is 0 Å². The van der Waals surface area contributed by atoms with Crippen LogP contribution in [0.1, 0.15) is 23.7 Å². The summed E-state index contributed by atoms with van der Waals surface area (Å²) >= 11 is 2.87. The smallest absolute Gasteiger partial charge is 0.268 e. The van der Waals surface area contributed by atoms with Gasteiger partial charge in [0.05, 0.1) is 29.5 Å². The largest absolute Gasteiger partial charge is 0.383 e. The van der Waals surface area contributed by atoms with Crippen LogP contribution in [-0.4, -0.2) is 40.2 Å². The van der Waals surface area contributed by atoms with Gasteiger partial charge in [0.2, 0.25) is 5.91 Å². The van der Waals surface area contributed by atoms with E-state index in [2.05, 4.69) is 12.2 Å². The van der Waals surface area contributed by atoms with Gasteiger partial charge in [0.25, 0.3) is 5.56 Å². The van der Waals surface area contributed by atoms with Crippen LogP contribution in [0, 0.1) is 13.8 Å². The topological polar surface area (TPSA) is 73.2 Å². The van der Waals surface area contributed by atoms with Gasteiger partial charge in [-0.2, -0.15) is 0 Å². The molecule has 28 heavy (non-hydrogen) atoms. The molecular weight excluding hydrogens is 394 g/mol. The van der Waals surface area contributed by atoms with E-state index in [1.54, 1.807) is 23.4 Å². The number of anilines is 1. The Hall–Kier alpha value is -1.77. The summed E-state index contributed by atoms with van der Waals surface area (Å²) in [7, 11) is 1.60. The second-order valence-corrected chi connectivity index (χ2v) is 9.30. The summed E-state index contributed by atoms with van der Waals surface area (Å²) in [5.74, 6) is 0.0726. The van der Waals surface area contributed by atoms with Crippen molar-refractivity contribution in [2.45, 2.75) is 49.0 Å². The second kappa shape index (κ2) is 9.15. The average molecular weight is 420 g/mol. The van der Waals surface area contributed by atoms with Crippen LogP contribution in [-0.2, 0) is 22.5 Å². The molecule has 0 saturated carbocycles. The van der Waals surface area contributed by atoms with Gasteiger partial charge in [0.15, 0.2) is 5.16 Å². The predicted octanol–water partition coefficient (Wildman–Crippen LogP) is 3.27. The molecule has 0 bridgehead atoms. The van der Waals surface area contributed by atoms with E-state index in [1.165, 1.54) is 11.8 Å². The van der Waals surface area contributed by atoms with Crippen LogP contribution < -0.4 is 10.9 Å². The van der Waals surface area contributed by atoms with Crippen molar-refractivity contribution in [2.24, 2.45) is 0 Å². The van der Waals surface area contributed by atoms with Crippen molar-refractivity contribution in [3.05, 3.63) is 45.4 Å². The van der Waals surface area contributed by atoms with Crippen molar-refractivity contribution in [1.82, 2.24) is 9.55 Å². The Morgan fingerprint density at radius 3 is 2.96 bits per heavy atom. The molecule has 150 valence electrons. The summed E-state index contributed by atoms with van der Waals surface area (Å²) in [6.45, 7) is 6.89. The Bertz CT molecular complexity index is 943. The summed E-state index contributed by atoms with van der Waals surface area (Å²) in [6, 6.07) is 5.96. The fraction of sp³-hybridized carbons (Fsp3) is 0.450. The first kappa shape index (κ1) is 21.0. The zero-order valence-corrected chi connectivity index (χ0v) is 18.2. The molecular formula is C20H25N3O3S2. The molecule has 2 aromatic rings. The fourth-order valence-corrected chi connectivity index (χ4v) is 4.96. The van der Waals surface area contributed by atoms with Crippen LogP contribution in [0.3, 0.4) is 0 Å². The Morgan fingerprint density at radius 2 is 2.21 bits per heavy atom. The molecule has 2 heterocycles. The van der Waals surface area contributed by atoms with Crippen molar-refractivity contribution in [3.8, 4) is 0 Å². The first-order valence-electron chi connectivity index (χ1n) is 9.18. The first-order valence-corrected chi connectivity index (χ1v) is 11.0. The fourth-order valence-electron chi connectivity index (χ4n) is 3.01. The highest BCUT2D eigenvalue weighted by atomic mass is 32.2. The molecule has 1 aliphatic rings. The number of aromatic nitrogens is 2. The SMILES string of the molecule is COCCn1c(SCC(=O)Nc2cc(C)ccc2C)nc2c(c1=O)S[C@@H](C)C2. The normalized spacial score (nSPS) is 15.5. The third kappa shape index (κ3) is 4.79. The van der Waals surface area contributed by atoms with Crippen LogP contribution in [0.4, 0.5) is 5.69 Å². The maximum atomic E-state index is 12.9. The number of amides is 1. The monoisotopic (exact) mass is 419 g/mol. The van der Waals surface area contributed by atoms with Crippen LogP contribution in [0.15, 0.2) is 33.0 Å². The van der Waals surface area contributed by atoms with Gasteiger partial charge < -0.3 is 10.1 Å². The second-order valence-electron chi connectivity index (χ2n) is 6.91. The number of methoxy groups -OCH3 is 1. The van der Waals surface area contributed by atoms with E-state index in [0.29, 0.717) is 23.6 Å². The average Bonchev–Trinajstić information content (AvgIpc) is 3.03. The van der Waals surface area contributed by atoms with Gasteiger partial charge in [-0.1, -0.05) is 30.8 Å². The number of rotatable bonds is 7. The Labute approximate surface area is 173 Å². The quantitative estimate of drug-likeness (QED) is 0.548. The van der Waals surface area contributed by atoms with Crippen molar-refractivity contribution in [1.29, 1.82) is 0 Å². The molecule has 1 aromatic heterocycles. The zero-order valence-electron chi connectivity index (χ0n) is 16.6. The predicted molar refractivity (Wildman–Crippen MR) is 115 cm³/mol. The van der Waals surface area contributed by atoms with Crippen LogP contribution in [0.5, 0.6) is 0 Å². The van der Waals surface area contributed by atoms with E-state index in [-0.39, 0.29) is 17.2 Å². The molecule has 1 amide bonds. The van der Waals surface area contributed by atoms with Gasteiger partial charge >= 0.3 is 0 Å². The summed E-state index contributed by atoms with van der Waals surface area (Å²) in [5, 5.41) is 3.88. The standard InChI is InChI=1S/C20H25N3O3S2/c1-12-5-6-13(2)15(9-12)21-17(24)11-27-20-22-16-10-14(3)28-18(16)19(25)23(20)7-8-26-4/h5-6,9,14H,7-8,10-11H2,1-4H3,(H,21,24)/t14-/m0/s1. The number of ether oxygens (including phenoxy) is 1. The minimum atomic E-state index is -0.116. The minimum absolute atomic E-state index is 0.0335. The van der Waals surface area contributed by atoms with E-state index in [0.717, 1.165) is 33.8 Å². The number of hydrogen-bond donors (Lipinski definition) is 1. The van der Waals surface area contributed by atoms with E-state index in [4.69, 9.17) is 9.72 Å². The van der Waals surface area contributed by atoms with Crippen LogP contribution >= 0.6 is 23.5 Å². The summed E-state index contributed by atoms with van der Waals surface area (Å²) < 4.78 is 6.77. The van der Waals surface area contributed by atoms with Gasteiger partial charge in [-0.3, -0.25) is 14.2 Å². The van der Waals surface area contributed by atoms with Gasteiger partial charge in [-0.05, 0) is 31.0 Å². The van der Waals surface area contributed by atoms with E-state index >= 15 is 0 Å². The zero-order chi connectivity index (χ0) is 20.3. The molecule has 0 saturated heterocycles. The maximum Gasteiger partial charge on any atom is 0.268 e. The lowest BCUT2D eigenvalue weighted by Gasteiger charge is -2.13. The highest BCUT2D eigenvalue weighted by Gasteiger charge is 2.26. The lowest BCUT2D eigenvalue weighted by molar-refractivity contribution is -0.113. The summed E-state index contributed by atoms with van der Waals surface area (Å²) in [5.41, 5.74) is 3.73. The lowest BCUT2D eigenvalue weighted by atomic mass is 10.1. The Balaban J connectivity index is 1.77. The third-order valence-electron chi connectivity index (χ3n) is 4.48. The molecule has 8 heteroatoms. The number of nitrogens with zero attached hydrogens (tertiary/aromatic N) is 2. The number of thioether (sulfide) groups is 2. The molecule has 3 rings (SSSR count). The Kier molecular flexibility index (Phi) is 6.85. The summed E-state index contributed by atoms with van der Waals surface area (Å²) in [4.78, 5) is 30.8. The number of fused-ring (bicyclic) bond motifs is 1. The van der Waals surface area contributed by atoms with Crippen molar-refractivity contribution in [3.63, 3.8) is 0 Å². The molecule has 0 aliphatic carbocycles. The minimum Gasteiger partial charge on any atom is -0.383 e. The molecule has 0 radical (unpaired) electrons. The molecule has 1 N–H and O–H groups in total. The van der Waals surface area contributed by atoms with Crippen molar-refractivity contribution < 1.29 is 9.53 Å². The summed E-state index contributed by atoms with van der Waals surface area (Å²) in [6.07, 6.45) is 0.780. The van der Waals surface area contributed by atoms with Gasteiger partial charge in [0, 0.05) is 24.5 Å². The molecule has 0 fully saturated rings. The third-order valence-corrected chi connectivity index (χ3v) is 6.67. The van der Waals surface area contributed by atoms with Crippen molar-refractivity contribution >= 4 is 35.1 Å². The maximum absolute atomic E-state index is 12.9.